The minimum absolute atomic E-state index is 0.423. The van der Waals surface area contributed by atoms with Gasteiger partial charge in [-0.05, 0) is 6.54 Å². The highest BCUT2D eigenvalue weighted by Crippen LogP contribution is 2.22. The van der Waals surface area contributed by atoms with E-state index in [9.17, 15) is 13.2 Å². The van der Waals surface area contributed by atoms with Crippen molar-refractivity contribution in [3.8, 4) is 0 Å². The lowest BCUT2D eigenvalue weighted by Crippen LogP contribution is -2.51. The molecule has 1 N–H and O–H groups in total. The van der Waals surface area contributed by atoms with Gasteiger partial charge in [0.1, 0.15) is 0 Å². The molecule has 1 atom stereocenters. The van der Waals surface area contributed by atoms with Gasteiger partial charge in [0.05, 0.1) is 6.42 Å². The molecule has 0 spiro atoms. The van der Waals surface area contributed by atoms with Gasteiger partial charge in [0.15, 0.2) is 0 Å². The Bertz CT molecular complexity index is 158. The van der Waals surface area contributed by atoms with Crippen LogP contribution in [0.25, 0.3) is 0 Å². The van der Waals surface area contributed by atoms with Crippen molar-refractivity contribution in [2.24, 2.45) is 0 Å². The number of rotatable bonds is 2. The van der Waals surface area contributed by atoms with Gasteiger partial charge in [-0.25, -0.2) is 0 Å². The minimum atomic E-state index is -4.05. The molecule has 1 aliphatic rings. The lowest BCUT2D eigenvalue weighted by molar-refractivity contribution is -0.142. The Labute approximate surface area is 76.1 Å². The second-order valence-corrected chi connectivity index (χ2v) is 3.36. The Hall–Kier alpha value is -0.290. The molecule has 0 saturated carbocycles. The van der Waals surface area contributed by atoms with Crippen LogP contribution >= 0.6 is 0 Å². The second kappa shape index (κ2) is 4.28. The molecule has 1 aliphatic heterocycles. The van der Waals surface area contributed by atoms with Gasteiger partial charge in [0.25, 0.3) is 0 Å². The average Bonchev–Trinajstić information content (AvgIpc) is 2.01. The van der Waals surface area contributed by atoms with Gasteiger partial charge in [-0.3, -0.25) is 0 Å². The SMILES string of the molecule is CCN1CCNC(CC(F)(F)F)C1. The maximum absolute atomic E-state index is 12.0. The summed E-state index contributed by atoms with van der Waals surface area (Å²) in [5.74, 6) is 0. The standard InChI is InChI=1S/C8H15F3N2/c1-2-13-4-3-12-7(6-13)5-8(9,10)11/h7,12H,2-6H2,1H3. The Morgan fingerprint density at radius 2 is 2.15 bits per heavy atom. The summed E-state index contributed by atoms with van der Waals surface area (Å²) in [6, 6.07) is -0.423. The summed E-state index contributed by atoms with van der Waals surface area (Å²) in [5, 5.41) is 2.88. The zero-order valence-corrected chi connectivity index (χ0v) is 7.69. The highest BCUT2D eigenvalue weighted by molar-refractivity contribution is 4.79. The first-order valence-electron chi connectivity index (χ1n) is 4.54. The van der Waals surface area contributed by atoms with E-state index in [4.69, 9.17) is 0 Å². The van der Waals surface area contributed by atoms with Crippen LogP contribution in [0.15, 0.2) is 0 Å². The number of nitrogens with zero attached hydrogens (tertiary/aromatic N) is 1. The number of halogens is 3. The third-order valence-corrected chi connectivity index (χ3v) is 2.26. The number of alkyl halides is 3. The quantitative estimate of drug-likeness (QED) is 0.714. The fraction of sp³-hybridized carbons (Fsp3) is 1.00. The summed E-state index contributed by atoms with van der Waals surface area (Å²) in [5.41, 5.74) is 0. The lowest BCUT2D eigenvalue weighted by Gasteiger charge is -2.33. The second-order valence-electron chi connectivity index (χ2n) is 3.36. The molecule has 0 aliphatic carbocycles. The van der Waals surface area contributed by atoms with Crippen LogP contribution in [0.2, 0.25) is 0 Å². The highest BCUT2D eigenvalue weighted by atomic mass is 19.4. The lowest BCUT2D eigenvalue weighted by atomic mass is 10.1. The molecule has 1 rings (SSSR count). The molecule has 1 heterocycles. The number of hydrogen-bond acceptors (Lipinski definition) is 2. The molecule has 0 aromatic carbocycles. The largest absolute Gasteiger partial charge is 0.390 e. The first-order chi connectivity index (χ1) is 6.01. The van der Waals surface area contributed by atoms with E-state index in [-0.39, 0.29) is 0 Å². The summed E-state index contributed by atoms with van der Waals surface area (Å²) >= 11 is 0. The van der Waals surface area contributed by atoms with Gasteiger partial charge in [-0.2, -0.15) is 13.2 Å². The summed E-state index contributed by atoms with van der Waals surface area (Å²) in [4.78, 5) is 2.03. The number of hydrogen-bond donors (Lipinski definition) is 1. The number of piperazine rings is 1. The van der Waals surface area contributed by atoms with E-state index in [0.29, 0.717) is 13.1 Å². The van der Waals surface area contributed by atoms with E-state index < -0.39 is 18.6 Å². The molecule has 78 valence electrons. The van der Waals surface area contributed by atoms with E-state index in [1.807, 2.05) is 11.8 Å². The summed E-state index contributed by atoms with van der Waals surface area (Å²) in [7, 11) is 0. The first kappa shape index (κ1) is 10.8. The number of nitrogens with one attached hydrogen (secondary N) is 1. The van der Waals surface area contributed by atoms with Gasteiger partial charge >= 0.3 is 6.18 Å². The van der Waals surface area contributed by atoms with E-state index in [1.165, 1.54) is 0 Å². The topological polar surface area (TPSA) is 15.3 Å². The zero-order valence-electron chi connectivity index (χ0n) is 7.69. The van der Waals surface area contributed by atoms with E-state index in [1.54, 1.807) is 0 Å². The van der Waals surface area contributed by atoms with E-state index in [2.05, 4.69) is 5.32 Å². The van der Waals surface area contributed by atoms with Crippen LogP contribution in [0.3, 0.4) is 0 Å². The molecule has 13 heavy (non-hydrogen) atoms. The van der Waals surface area contributed by atoms with E-state index in [0.717, 1.165) is 13.1 Å². The van der Waals surface area contributed by atoms with Crippen molar-refractivity contribution in [2.75, 3.05) is 26.2 Å². The van der Waals surface area contributed by atoms with E-state index >= 15 is 0 Å². The van der Waals surface area contributed by atoms with Gasteiger partial charge in [-0.1, -0.05) is 6.92 Å². The van der Waals surface area contributed by atoms with Crippen molar-refractivity contribution in [1.82, 2.24) is 10.2 Å². The highest BCUT2D eigenvalue weighted by Gasteiger charge is 2.33. The molecule has 0 radical (unpaired) electrons. The zero-order chi connectivity index (χ0) is 9.90. The normalized spacial score (nSPS) is 26.3. The van der Waals surface area contributed by atoms with Crippen molar-refractivity contribution < 1.29 is 13.2 Å². The monoisotopic (exact) mass is 196 g/mol. The summed E-state index contributed by atoms with van der Waals surface area (Å²) in [6.45, 7) is 4.82. The maximum atomic E-state index is 12.0. The predicted molar refractivity (Wildman–Crippen MR) is 44.6 cm³/mol. The minimum Gasteiger partial charge on any atom is -0.311 e. The third kappa shape index (κ3) is 3.95. The molecule has 0 aromatic heterocycles. The van der Waals surface area contributed by atoms with Crippen LogP contribution in [0.5, 0.6) is 0 Å². The molecule has 0 aromatic rings. The Kier molecular flexibility index (Phi) is 3.55. The molecule has 0 amide bonds. The van der Waals surface area contributed by atoms with Crippen LogP contribution in [0.4, 0.5) is 13.2 Å². The van der Waals surface area contributed by atoms with Crippen LogP contribution in [0, 0.1) is 0 Å². The van der Waals surface area contributed by atoms with Crippen molar-refractivity contribution in [1.29, 1.82) is 0 Å². The van der Waals surface area contributed by atoms with Crippen LogP contribution < -0.4 is 5.32 Å². The van der Waals surface area contributed by atoms with Crippen molar-refractivity contribution in [2.45, 2.75) is 25.6 Å². The third-order valence-electron chi connectivity index (χ3n) is 2.26. The molecule has 0 bridgehead atoms. The summed E-state index contributed by atoms with van der Waals surface area (Å²) < 4.78 is 36.0. The molecule has 1 fully saturated rings. The predicted octanol–water partition coefficient (Wildman–Crippen LogP) is 1.23. The summed E-state index contributed by atoms with van der Waals surface area (Å²) in [6.07, 6.45) is -4.77. The van der Waals surface area contributed by atoms with Crippen LogP contribution in [0.1, 0.15) is 13.3 Å². The maximum Gasteiger partial charge on any atom is 0.390 e. The fourth-order valence-electron chi connectivity index (χ4n) is 1.60. The average molecular weight is 196 g/mol. The molecule has 1 unspecified atom stereocenters. The Balaban J connectivity index is 2.34. The Morgan fingerprint density at radius 1 is 1.46 bits per heavy atom. The fourth-order valence-corrected chi connectivity index (χ4v) is 1.60. The molecule has 2 nitrogen and oxygen atoms in total. The Morgan fingerprint density at radius 3 is 2.69 bits per heavy atom. The van der Waals surface area contributed by atoms with Gasteiger partial charge in [-0.15, -0.1) is 0 Å². The first-order valence-corrected chi connectivity index (χ1v) is 4.54. The smallest absolute Gasteiger partial charge is 0.311 e. The molecular formula is C8H15F3N2. The molecule has 1 saturated heterocycles. The van der Waals surface area contributed by atoms with Crippen LogP contribution in [-0.4, -0.2) is 43.3 Å². The van der Waals surface area contributed by atoms with Crippen molar-refractivity contribution >= 4 is 0 Å². The van der Waals surface area contributed by atoms with Gasteiger partial charge in [0, 0.05) is 25.7 Å². The molecular weight excluding hydrogens is 181 g/mol. The van der Waals surface area contributed by atoms with Crippen molar-refractivity contribution in [3.05, 3.63) is 0 Å². The van der Waals surface area contributed by atoms with Crippen LogP contribution in [-0.2, 0) is 0 Å². The van der Waals surface area contributed by atoms with Gasteiger partial charge in [0.2, 0.25) is 0 Å². The van der Waals surface area contributed by atoms with Crippen molar-refractivity contribution in [3.63, 3.8) is 0 Å². The van der Waals surface area contributed by atoms with Gasteiger partial charge < -0.3 is 10.2 Å². The molecule has 5 heteroatoms. The number of likely N-dealkylation sites (N-methyl/N-ethyl adjacent to an activating group) is 1.